The Hall–Kier alpha value is -3.46. The highest BCUT2D eigenvalue weighted by atomic mass is 32.2. The van der Waals surface area contributed by atoms with E-state index in [4.69, 9.17) is 14.2 Å². The van der Waals surface area contributed by atoms with Crippen LogP contribution in [0.5, 0.6) is 5.75 Å². The smallest absolute Gasteiger partial charge is 0.408 e. The SMILES string of the molecule is CC(=O)SCc1ccc(OCCNC(=O)[C@H](CCCCNC(=O)[C@@H](C)CCCCNC(=O)OC(C)(C)C)NC(=O)OC(C)(C)C)cc1CSC(C)=O. The van der Waals surface area contributed by atoms with Gasteiger partial charge in [-0.2, -0.15) is 0 Å². The Morgan fingerprint density at radius 1 is 0.673 bits per heavy atom. The lowest BCUT2D eigenvalue weighted by atomic mass is 10.0. The minimum atomic E-state index is -0.855. The molecule has 0 saturated heterocycles. The first kappa shape index (κ1) is 46.6. The number of carbonyl (C=O) groups excluding carboxylic acids is 6. The predicted octanol–water partition coefficient (Wildman–Crippen LogP) is 6.25. The van der Waals surface area contributed by atoms with Gasteiger partial charge in [0.1, 0.15) is 29.6 Å². The molecule has 52 heavy (non-hydrogen) atoms. The van der Waals surface area contributed by atoms with E-state index in [0.717, 1.165) is 24.0 Å². The normalized spacial score (nSPS) is 12.6. The monoisotopic (exact) mass is 768 g/mol. The Balaban J connectivity index is 2.58. The summed E-state index contributed by atoms with van der Waals surface area (Å²) >= 11 is 2.37. The summed E-state index contributed by atoms with van der Waals surface area (Å²) in [5.41, 5.74) is 0.552. The van der Waals surface area contributed by atoms with Gasteiger partial charge in [-0.05, 0) is 96.9 Å². The van der Waals surface area contributed by atoms with Crippen molar-refractivity contribution in [3.05, 3.63) is 29.3 Å². The molecule has 0 radical (unpaired) electrons. The van der Waals surface area contributed by atoms with Crippen LogP contribution in [-0.2, 0) is 40.2 Å². The van der Waals surface area contributed by atoms with Crippen LogP contribution in [0.1, 0.15) is 112 Å². The van der Waals surface area contributed by atoms with Gasteiger partial charge >= 0.3 is 12.2 Å². The van der Waals surface area contributed by atoms with Crippen LogP contribution in [0.15, 0.2) is 18.2 Å². The van der Waals surface area contributed by atoms with Gasteiger partial charge < -0.3 is 35.5 Å². The van der Waals surface area contributed by atoms with Crippen LogP contribution < -0.4 is 26.0 Å². The molecule has 0 aliphatic carbocycles. The molecule has 0 aromatic heterocycles. The average molecular weight is 769 g/mol. The van der Waals surface area contributed by atoms with Crippen LogP contribution in [0.3, 0.4) is 0 Å². The highest BCUT2D eigenvalue weighted by molar-refractivity contribution is 8.13. The van der Waals surface area contributed by atoms with E-state index in [9.17, 15) is 28.8 Å². The molecule has 0 unspecified atom stereocenters. The molecule has 1 aromatic carbocycles. The lowest BCUT2D eigenvalue weighted by Gasteiger charge is -2.23. The number of amides is 4. The summed E-state index contributed by atoms with van der Waals surface area (Å²) in [6.07, 6.45) is 2.53. The van der Waals surface area contributed by atoms with E-state index in [1.165, 1.54) is 37.4 Å². The van der Waals surface area contributed by atoms with Gasteiger partial charge in [0.15, 0.2) is 10.2 Å². The van der Waals surface area contributed by atoms with E-state index < -0.39 is 29.4 Å². The minimum absolute atomic E-state index is 0.00748. The third-order valence-electron chi connectivity index (χ3n) is 7.12. The highest BCUT2D eigenvalue weighted by Crippen LogP contribution is 2.26. The van der Waals surface area contributed by atoms with E-state index >= 15 is 0 Å². The molecule has 0 aliphatic heterocycles. The van der Waals surface area contributed by atoms with Crippen molar-refractivity contribution in [2.24, 2.45) is 5.92 Å². The summed E-state index contributed by atoms with van der Waals surface area (Å²) in [4.78, 5) is 73.0. The number of thioether (sulfide) groups is 2. The van der Waals surface area contributed by atoms with Crippen molar-refractivity contribution in [3.8, 4) is 5.75 Å². The van der Waals surface area contributed by atoms with Crippen molar-refractivity contribution in [1.82, 2.24) is 21.3 Å². The van der Waals surface area contributed by atoms with E-state index in [2.05, 4.69) is 21.3 Å². The molecule has 0 fully saturated rings. The van der Waals surface area contributed by atoms with Gasteiger partial charge in [0.05, 0.1) is 6.54 Å². The number of carbonyl (C=O) groups is 6. The third-order valence-corrected chi connectivity index (χ3v) is 8.84. The first-order valence-corrected chi connectivity index (χ1v) is 19.8. The second kappa shape index (κ2) is 24.0. The summed E-state index contributed by atoms with van der Waals surface area (Å²) in [6.45, 7) is 16.8. The number of hydrogen-bond acceptors (Lipinski definition) is 11. The molecule has 13 nitrogen and oxygen atoms in total. The zero-order valence-corrected chi connectivity index (χ0v) is 34.0. The number of nitrogens with one attached hydrogen (secondary N) is 4. The highest BCUT2D eigenvalue weighted by Gasteiger charge is 2.24. The second-order valence-electron chi connectivity index (χ2n) is 14.4. The van der Waals surface area contributed by atoms with E-state index in [0.29, 0.717) is 56.0 Å². The van der Waals surface area contributed by atoms with Gasteiger partial charge in [0.2, 0.25) is 11.8 Å². The van der Waals surface area contributed by atoms with Crippen LogP contribution >= 0.6 is 23.5 Å². The number of unbranched alkanes of at least 4 members (excludes halogenated alkanes) is 2. The molecular formula is C37H60N4O9S2. The number of ether oxygens (including phenoxy) is 3. The van der Waals surface area contributed by atoms with Crippen molar-refractivity contribution in [1.29, 1.82) is 0 Å². The van der Waals surface area contributed by atoms with Crippen LogP contribution in [0.2, 0.25) is 0 Å². The fraction of sp³-hybridized carbons (Fsp3) is 0.676. The summed E-state index contributed by atoms with van der Waals surface area (Å²) in [6, 6.07) is 4.65. The maximum atomic E-state index is 13.1. The number of benzene rings is 1. The summed E-state index contributed by atoms with van der Waals surface area (Å²) < 4.78 is 16.5. The molecule has 1 aromatic rings. The van der Waals surface area contributed by atoms with Gasteiger partial charge in [-0.1, -0.05) is 42.9 Å². The van der Waals surface area contributed by atoms with Crippen LogP contribution in [0.25, 0.3) is 0 Å². The van der Waals surface area contributed by atoms with Crippen LogP contribution in [0, 0.1) is 5.92 Å². The Morgan fingerprint density at radius 3 is 1.81 bits per heavy atom. The second-order valence-corrected chi connectivity index (χ2v) is 16.7. The predicted molar refractivity (Wildman–Crippen MR) is 206 cm³/mol. The molecule has 0 aliphatic rings. The molecular weight excluding hydrogens is 709 g/mol. The first-order valence-electron chi connectivity index (χ1n) is 17.8. The molecule has 4 N–H and O–H groups in total. The number of hydrogen-bond donors (Lipinski definition) is 4. The van der Waals surface area contributed by atoms with Gasteiger partial charge in [-0.3, -0.25) is 19.2 Å². The maximum Gasteiger partial charge on any atom is 0.408 e. The Bertz CT molecular complexity index is 1330. The summed E-state index contributed by atoms with van der Waals surface area (Å²) in [5, 5.41) is 11.1. The fourth-order valence-corrected chi connectivity index (χ4v) is 5.85. The van der Waals surface area contributed by atoms with Crippen molar-refractivity contribution >= 4 is 57.8 Å². The van der Waals surface area contributed by atoms with Gasteiger partial charge in [0.25, 0.3) is 0 Å². The lowest BCUT2D eigenvalue weighted by molar-refractivity contribution is -0.125. The molecule has 4 amide bonds. The minimum Gasteiger partial charge on any atom is -0.492 e. The maximum absolute atomic E-state index is 13.1. The average Bonchev–Trinajstić information content (AvgIpc) is 3.02. The van der Waals surface area contributed by atoms with Crippen molar-refractivity contribution in [2.75, 3.05) is 26.2 Å². The third kappa shape index (κ3) is 23.2. The lowest BCUT2D eigenvalue weighted by Crippen LogP contribution is -2.48. The largest absolute Gasteiger partial charge is 0.492 e. The standard InChI is InChI=1S/C37H60N4O9S2/c1-25(14-10-12-19-40-34(46)49-36(4,5)6)32(44)38-18-13-11-15-31(41-35(47)50-37(7,8)9)33(45)39-20-21-48-30-17-16-28(23-51-26(2)42)29(22-30)24-52-27(3)43/h16-17,22,25,31H,10-15,18-21,23-24H2,1-9H3,(H,38,44)(H,39,45)(H,40,46)(H,41,47)/t25-,31-/m0/s1. The molecule has 294 valence electrons. The van der Waals surface area contributed by atoms with Gasteiger partial charge in [0, 0.05) is 44.4 Å². The van der Waals surface area contributed by atoms with E-state index in [1.807, 2.05) is 19.1 Å². The molecule has 0 heterocycles. The molecule has 0 spiro atoms. The fourth-order valence-electron chi connectivity index (χ4n) is 4.58. The molecule has 2 atom stereocenters. The Kier molecular flexibility index (Phi) is 21.5. The Labute approximate surface area is 318 Å². The number of rotatable bonds is 21. The summed E-state index contributed by atoms with van der Waals surface area (Å²) in [7, 11) is 0. The number of alkyl carbamates (subject to hydrolysis) is 2. The molecule has 15 heteroatoms. The van der Waals surface area contributed by atoms with Crippen molar-refractivity contribution in [2.45, 2.75) is 130 Å². The quantitative estimate of drug-likeness (QED) is 0.104. The molecule has 0 saturated carbocycles. The zero-order chi connectivity index (χ0) is 39.3. The van der Waals surface area contributed by atoms with Crippen LogP contribution in [-0.4, -0.2) is 77.7 Å². The van der Waals surface area contributed by atoms with E-state index in [1.54, 1.807) is 47.6 Å². The first-order chi connectivity index (χ1) is 24.3. The van der Waals surface area contributed by atoms with E-state index in [-0.39, 0.29) is 41.1 Å². The topological polar surface area (TPSA) is 178 Å². The summed E-state index contributed by atoms with van der Waals surface area (Å²) in [5.74, 6) is 0.883. The molecule has 0 bridgehead atoms. The molecule has 1 rings (SSSR count). The zero-order valence-electron chi connectivity index (χ0n) is 32.4. The van der Waals surface area contributed by atoms with Crippen LogP contribution in [0.4, 0.5) is 9.59 Å². The van der Waals surface area contributed by atoms with Crippen molar-refractivity contribution < 1.29 is 43.0 Å². The van der Waals surface area contributed by atoms with Gasteiger partial charge in [-0.15, -0.1) is 0 Å². The Morgan fingerprint density at radius 2 is 1.21 bits per heavy atom. The van der Waals surface area contributed by atoms with Gasteiger partial charge in [-0.25, -0.2) is 9.59 Å². The van der Waals surface area contributed by atoms with Crippen molar-refractivity contribution in [3.63, 3.8) is 0 Å².